The van der Waals surface area contributed by atoms with Crippen molar-refractivity contribution < 1.29 is 14.3 Å². The first-order chi connectivity index (χ1) is 16.3. The van der Waals surface area contributed by atoms with Gasteiger partial charge in [0.25, 0.3) is 11.8 Å². The second-order valence-electron chi connectivity index (χ2n) is 9.23. The minimum atomic E-state index is -0.237. The Balaban J connectivity index is 1.18. The molecule has 4 aliphatic carbocycles. The maximum atomic E-state index is 13.1. The summed E-state index contributed by atoms with van der Waals surface area (Å²) < 4.78 is 7.83. The number of rotatable bonds is 5. The van der Waals surface area contributed by atoms with E-state index in [0.29, 0.717) is 28.5 Å². The monoisotopic (exact) mass is 718 g/mol. The van der Waals surface area contributed by atoms with Crippen LogP contribution >= 0.6 is 68.4 Å². The van der Waals surface area contributed by atoms with Crippen LogP contribution in [0.4, 0.5) is 0 Å². The number of allylic oxidation sites excluding steroid dienone is 2. The number of carbonyl (C=O) groups excluding carboxylic acids is 2. The summed E-state index contributed by atoms with van der Waals surface area (Å²) in [5.74, 6) is 1.52. The number of hydrazone groups is 1. The molecule has 5 aliphatic rings. The third-order valence-electron chi connectivity index (χ3n) is 7.37. The van der Waals surface area contributed by atoms with Crippen molar-refractivity contribution in [3.05, 3.63) is 70.8 Å². The molecule has 6 atom stereocenters. The van der Waals surface area contributed by atoms with Crippen LogP contribution in [0.25, 0.3) is 0 Å². The molecule has 1 aliphatic heterocycles. The first kappa shape index (κ1) is 23.2. The first-order valence-electron chi connectivity index (χ1n) is 11.0. The van der Waals surface area contributed by atoms with Gasteiger partial charge >= 0.3 is 0 Å². The molecule has 0 N–H and O–H groups in total. The summed E-state index contributed by atoms with van der Waals surface area (Å²) in [6.45, 7) is 0.313. The standard InChI is InChI=1S/C25H18Cl2I2N2O3/c26-13-2-1-12(18(27)7-13)10-34-23-19(28)5-11(6-20(23)29)9-30-31-24(32)21-14-3-4-15(17-8-16(14)17)22(21)25(31)33/h1-7,9,14-17,21-22H,8,10H2/t14-,15-,16-,17-,21+,22+/m0/s1. The minimum Gasteiger partial charge on any atom is -0.487 e. The summed E-state index contributed by atoms with van der Waals surface area (Å²) in [7, 11) is 0. The molecule has 0 spiro atoms. The normalized spacial score (nSPS) is 30.8. The lowest BCUT2D eigenvalue weighted by Gasteiger charge is -2.37. The smallest absolute Gasteiger partial charge is 0.254 e. The molecule has 0 radical (unpaired) electrons. The van der Waals surface area contributed by atoms with E-state index in [9.17, 15) is 9.59 Å². The SMILES string of the molecule is O=C1[C@@H]2[C@H]3C=C[C@@H]([C@@H]4C[C@@H]34)[C@H]2C(=O)N1N=Cc1cc(I)c(OCc2ccc(Cl)cc2Cl)c(I)c1. The molecule has 7 rings (SSSR count). The number of imide groups is 1. The van der Waals surface area contributed by atoms with E-state index in [2.05, 4.69) is 62.4 Å². The summed E-state index contributed by atoms with van der Waals surface area (Å²) in [5.41, 5.74) is 1.64. The zero-order valence-electron chi connectivity index (χ0n) is 17.6. The molecule has 174 valence electrons. The molecule has 2 amide bonds. The molecule has 1 saturated heterocycles. The van der Waals surface area contributed by atoms with Crippen LogP contribution in [0.3, 0.4) is 0 Å². The lowest BCUT2D eigenvalue weighted by atomic mass is 9.63. The fraction of sp³-hybridized carbons (Fsp3) is 0.320. The average Bonchev–Trinajstić information content (AvgIpc) is 3.57. The Morgan fingerprint density at radius 1 is 1.00 bits per heavy atom. The van der Waals surface area contributed by atoms with Crippen molar-refractivity contribution in [3.63, 3.8) is 0 Å². The third kappa shape index (κ3) is 3.81. The van der Waals surface area contributed by atoms with Gasteiger partial charge in [0.15, 0.2) is 0 Å². The van der Waals surface area contributed by atoms with Crippen LogP contribution in [0, 0.1) is 42.6 Å². The summed E-state index contributed by atoms with van der Waals surface area (Å²) in [5, 5.41) is 6.59. The molecule has 1 heterocycles. The molecule has 2 aromatic carbocycles. The molecule has 34 heavy (non-hydrogen) atoms. The Labute approximate surface area is 234 Å². The number of ether oxygens (including phenoxy) is 1. The van der Waals surface area contributed by atoms with E-state index in [1.165, 1.54) is 0 Å². The Bertz CT molecular complexity index is 1240. The fourth-order valence-corrected chi connectivity index (χ4v) is 8.35. The zero-order chi connectivity index (χ0) is 23.7. The highest BCUT2D eigenvalue weighted by atomic mass is 127. The molecule has 9 heteroatoms. The highest BCUT2D eigenvalue weighted by molar-refractivity contribution is 14.1. The summed E-state index contributed by atoms with van der Waals surface area (Å²) in [6, 6.07) is 9.16. The number of hydrogen-bond acceptors (Lipinski definition) is 4. The van der Waals surface area contributed by atoms with Gasteiger partial charge < -0.3 is 4.74 Å². The topological polar surface area (TPSA) is 59.0 Å². The number of halogens is 4. The molecule has 0 aromatic heterocycles. The Kier molecular flexibility index (Phi) is 5.98. The molecule has 3 fully saturated rings. The van der Waals surface area contributed by atoms with Crippen LogP contribution in [0.5, 0.6) is 5.75 Å². The van der Waals surface area contributed by atoms with Crippen LogP contribution in [0.1, 0.15) is 17.5 Å². The lowest BCUT2D eigenvalue weighted by Crippen LogP contribution is -2.40. The van der Waals surface area contributed by atoms with Gasteiger partial charge in [-0.25, -0.2) is 0 Å². The van der Waals surface area contributed by atoms with Crippen molar-refractivity contribution in [1.82, 2.24) is 5.01 Å². The van der Waals surface area contributed by atoms with E-state index in [1.807, 2.05) is 18.2 Å². The van der Waals surface area contributed by atoms with Crippen LogP contribution in [0.15, 0.2) is 47.6 Å². The second kappa shape index (κ2) is 8.74. The Hall–Kier alpha value is -1.17. The van der Waals surface area contributed by atoms with Gasteiger partial charge in [-0.15, -0.1) is 0 Å². The van der Waals surface area contributed by atoms with Gasteiger partial charge in [-0.3, -0.25) is 9.59 Å². The van der Waals surface area contributed by atoms with Crippen molar-refractivity contribution in [1.29, 1.82) is 0 Å². The predicted octanol–water partition coefficient (Wildman–Crippen LogP) is 6.17. The van der Waals surface area contributed by atoms with E-state index in [-0.39, 0.29) is 35.5 Å². The van der Waals surface area contributed by atoms with Gasteiger partial charge in [-0.1, -0.05) is 41.4 Å². The fourth-order valence-electron chi connectivity index (χ4n) is 5.76. The highest BCUT2D eigenvalue weighted by Gasteiger charge is 2.67. The molecule has 2 saturated carbocycles. The predicted molar refractivity (Wildman–Crippen MR) is 147 cm³/mol. The van der Waals surface area contributed by atoms with E-state index in [4.69, 9.17) is 27.9 Å². The van der Waals surface area contributed by atoms with Crippen molar-refractivity contribution in [3.8, 4) is 5.75 Å². The number of benzene rings is 2. The largest absolute Gasteiger partial charge is 0.487 e. The maximum Gasteiger partial charge on any atom is 0.254 e. The van der Waals surface area contributed by atoms with Gasteiger partial charge in [0.2, 0.25) is 0 Å². The maximum absolute atomic E-state index is 13.1. The summed E-state index contributed by atoms with van der Waals surface area (Å²) in [4.78, 5) is 26.2. The number of amides is 2. The molecule has 2 aromatic rings. The van der Waals surface area contributed by atoms with Gasteiger partial charge in [-0.05, 0) is 105 Å². The van der Waals surface area contributed by atoms with Crippen molar-refractivity contribution in [2.45, 2.75) is 13.0 Å². The number of nitrogens with zero attached hydrogens (tertiary/aromatic N) is 2. The van der Waals surface area contributed by atoms with Gasteiger partial charge in [0.05, 0.1) is 25.2 Å². The van der Waals surface area contributed by atoms with E-state index >= 15 is 0 Å². The van der Waals surface area contributed by atoms with Gasteiger partial charge in [0, 0.05) is 15.6 Å². The minimum absolute atomic E-state index is 0.153. The molecule has 0 unspecified atom stereocenters. The van der Waals surface area contributed by atoms with E-state index in [0.717, 1.165) is 35.4 Å². The zero-order valence-corrected chi connectivity index (χ0v) is 23.5. The van der Waals surface area contributed by atoms with Gasteiger partial charge in [0.1, 0.15) is 12.4 Å². The van der Waals surface area contributed by atoms with E-state index in [1.54, 1.807) is 18.3 Å². The quantitative estimate of drug-likeness (QED) is 0.161. The molecular weight excluding hydrogens is 701 g/mol. The van der Waals surface area contributed by atoms with Crippen molar-refractivity contribution in [2.75, 3.05) is 0 Å². The van der Waals surface area contributed by atoms with Crippen LogP contribution in [-0.4, -0.2) is 23.0 Å². The van der Waals surface area contributed by atoms with E-state index < -0.39 is 0 Å². The second-order valence-corrected chi connectivity index (χ2v) is 12.4. The van der Waals surface area contributed by atoms with Crippen LogP contribution in [-0.2, 0) is 16.2 Å². The first-order valence-corrected chi connectivity index (χ1v) is 13.9. The van der Waals surface area contributed by atoms with Crippen molar-refractivity contribution in [2.24, 2.45) is 40.6 Å². The average molecular weight is 719 g/mol. The number of carbonyl (C=O) groups is 2. The summed E-state index contributed by atoms with van der Waals surface area (Å²) >= 11 is 16.6. The Morgan fingerprint density at radius 3 is 2.21 bits per heavy atom. The number of hydrogen-bond donors (Lipinski definition) is 0. The van der Waals surface area contributed by atoms with Gasteiger partial charge in [-0.2, -0.15) is 10.1 Å². The third-order valence-corrected chi connectivity index (χ3v) is 9.56. The van der Waals surface area contributed by atoms with Crippen LogP contribution in [0.2, 0.25) is 10.0 Å². The highest BCUT2D eigenvalue weighted by Crippen LogP contribution is 2.65. The molecule has 2 bridgehead atoms. The lowest BCUT2D eigenvalue weighted by molar-refractivity contribution is -0.140. The molecular formula is C25H18Cl2I2N2O3. The van der Waals surface area contributed by atoms with Crippen LogP contribution < -0.4 is 4.74 Å². The molecule has 5 nitrogen and oxygen atoms in total. The van der Waals surface area contributed by atoms with Crippen molar-refractivity contribution >= 4 is 86.4 Å². The summed E-state index contributed by atoms with van der Waals surface area (Å²) in [6.07, 6.45) is 7.07. The Morgan fingerprint density at radius 2 is 1.62 bits per heavy atom.